The number of nitrogens with one attached hydrogen (secondary N) is 1. The van der Waals surface area contributed by atoms with E-state index in [4.69, 9.17) is 9.47 Å². The molecule has 0 saturated carbocycles. The molecule has 1 aliphatic rings. The number of carbonyl (C=O) groups is 1. The van der Waals surface area contributed by atoms with E-state index < -0.39 is 15.9 Å². The summed E-state index contributed by atoms with van der Waals surface area (Å²) in [5, 5.41) is 2.76. The molecule has 0 unspecified atom stereocenters. The fourth-order valence-corrected chi connectivity index (χ4v) is 4.93. The van der Waals surface area contributed by atoms with Gasteiger partial charge in [0, 0.05) is 4.47 Å². The average Bonchev–Trinajstić information content (AvgIpc) is 2.82. The molecule has 3 aromatic rings. The molecule has 0 aromatic heterocycles. The molecule has 9 heteroatoms. The number of amides is 1. The van der Waals surface area contributed by atoms with Gasteiger partial charge >= 0.3 is 0 Å². The van der Waals surface area contributed by atoms with Gasteiger partial charge in [-0.25, -0.2) is 8.42 Å². The van der Waals surface area contributed by atoms with Crippen LogP contribution in [-0.2, 0) is 14.8 Å². The Balaban J connectivity index is 1.47. The first-order valence-electron chi connectivity index (χ1n) is 9.92. The van der Waals surface area contributed by atoms with Crippen LogP contribution >= 0.6 is 15.9 Å². The minimum Gasteiger partial charge on any atom is -0.486 e. The zero-order chi connectivity index (χ0) is 22.6. The molecular formula is C23H21BrN2O5S. The first-order valence-corrected chi connectivity index (χ1v) is 12.2. The predicted octanol–water partition coefficient (Wildman–Crippen LogP) is 3.60. The van der Waals surface area contributed by atoms with Gasteiger partial charge in [0.2, 0.25) is 5.91 Å². The van der Waals surface area contributed by atoms with Crippen LogP contribution in [0.4, 0.5) is 5.69 Å². The van der Waals surface area contributed by atoms with Gasteiger partial charge in [-0.1, -0.05) is 46.3 Å². The SMILES string of the molecule is O=C(CN(c1ccc(Br)cc1)S(=O)(=O)c1ccccc1)NC[C@H]1COc2ccccc2O1. The molecule has 1 aliphatic heterocycles. The fraction of sp³-hybridized carbons (Fsp3) is 0.174. The van der Waals surface area contributed by atoms with Crippen molar-refractivity contribution in [3.8, 4) is 11.5 Å². The highest BCUT2D eigenvalue weighted by Crippen LogP contribution is 2.30. The number of fused-ring (bicyclic) bond motifs is 1. The topological polar surface area (TPSA) is 84.9 Å². The molecule has 1 N–H and O–H groups in total. The van der Waals surface area contributed by atoms with Crippen molar-refractivity contribution < 1.29 is 22.7 Å². The van der Waals surface area contributed by atoms with E-state index in [1.807, 2.05) is 18.2 Å². The smallest absolute Gasteiger partial charge is 0.264 e. The van der Waals surface area contributed by atoms with E-state index in [2.05, 4.69) is 21.2 Å². The van der Waals surface area contributed by atoms with Crippen molar-refractivity contribution in [2.75, 3.05) is 24.0 Å². The van der Waals surface area contributed by atoms with E-state index >= 15 is 0 Å². The lowest BCUT2D eigenvalue weighted by atomic mass is 10.2. The van der Waals surface area contributed by atoms with Crippen molar-refractivity contribution >= 4 is 37.5 Å². The standard InChI is InChI=1S/C23H21BrN2O5S/c24-17-10-12-18(13-11-17)26(32(28,29)20-6-2-1-3-7-20)15-23(27)25-14-19-16-30-21-8-4-5-9-22(21)31-19/h1-13,19H,14-16H2,(H,25,27)/t19-/m0/s1. The maximum Gasteiger partial charge on any atom is 0.264 e. The summed E-state index contributed by atoms with van der Waals surface area (Å²) in [6, 6.07) is 22.1. The lowest BCUT2D eigenvalue weighted by Crippen LogP contribution is -2.45. The van der Waals surface area contributed by atoms with Crippen LogP contribution in [0.2, 0.25) is 0 Å². The molecule has 166 valence electrons. The highest BCUT2D eigenvalue weighted by molar-refractivity contribution is 9.10. The first kappa shape index (κ1) is 22.2. The predicted molar refractivity (Wildman–Crippen MR) is 124 cm³/mol. The zero-order valence-electron chi connectivity index (χ0n) is 17.0. The van der Waals surface area contributed by atoms with Crippen molar-refractivity contribution in [2.24, 2.45) is 0 Å². The zero-order valence-corrected chi connectivity index (χ0v) is 19.4. The Hall–Kier alpha value is -3.04. The van der Waals surface area contributed by atoms with Gasteiger partial charge in [-0.15, -0.1) is 0 Å². The Kier molecular flexibility index (Phi) is 6.66. The third-order valence-corrected chi connectivity index (χ3v) is 7.14. The number of para-hydroxylation sites is 2. The second-order valence-corrected chi connectivity index (χ2v) is 9.88. The molecule has 0 radical (unpaired) electrons. The van der Waals surface area contributed by atoms with Gasteiger partial charge < -0.3 is 14.8 Å². The van der Waals surface area contributed by atoms with Gasteiger partial charge in [0.1, 0.15) is 19.3 Å². The quantitative estimate of drug-likeness (QED) is 0.518. The van der Waals surface area contributed by atoms with Crippen LogP contribution in [0, 0.1) is 0 Å². The number of nitrogens with zero attached hydrogens (tertiary/aromatic N) is 1. The third kappa shape index (κ3) is 5.05. The van der Waals surface area contributed by atoms with Gasteiger partial charge in [0.15, 0.2) is 11.5 Å². The van der Waals surface area contributed by atoms with Gasteiger partial charge in [0.05, 0.1) is 17.1 Å². The largest absolute Gasteiger partial charge is 0.486 e. The summed E-state index contributed by atoms with van der Waals surface area (Å²) in [4.78, 5) is 12.8. The lowest BCUT2D eigenvalue weighted by Gasteiger charge is -2.27. The Morgan fingerprint density at radius 1 is 0.969 bits per heavy atom. The molecular weight excluding hydrogens is 496 g/mol. The number of ether oxygens (including phenoxy) is 2. The molecule has 32 heavy (non-hydrogen) atoms. The number of rotatable bonds is 7. The van der Waals surface area contributed by atoms with Crippen LogP contribution in [-0.4, -0.2) is 40.1 Å². The highest BCUT2D eigenvalue weighted by Gasteiger charge is 2.28. The van der Waals surface area contributed by atoms with Crippen LogP contribution in [0.5, 0.6) is 11.5 Å². The van der Waals surface area contributed by atoms with Gasteiger partial charge in [-0.05, 0) is 48.5 Å². The number of halogens is 1. The summed E-state index contributed by atoms with van der Waals surface area (Å²) in [5.74, 6) is 0.821. The molecule has 0 fully saturated rings. The number of hydrogen-bond acceptors (Lipinski definition) is 5. The Bertz CT molecular complexity index is 1190. The van der Waals surface area contributed by atoms with Crippen molar-refractivity contribution in [3.63, 3.8) is 0 Å². The molecule has 0 aliphatic carbocycles. The van der Waals surface area contributed by atoms with Crippen molar-refractivity contribution in [1.82, 2.24) is 5.32 Å². The van der Waals surface area contributed by atoms with E-state index in [-0.39, 0.29) is 30.7 Å². The van der Waals surface area contributed by atoms with Gasteiger partial charge in [0.25, 0.3) is 10.0 Å². The van der Waals surface area contributed by atoms with Crippen LogP contribution in [0.25, 0.3) is 0 Å². The van der Waals surface area contributed by atoms with E-state index in [0.717, 1.165) is 8.78 Å². The summed E-state index contributed by atoms with van der Waals surface area (Å²) < 4.78 is 40.0. The second kappa shape index (κ2) is 9.62. The number of hydrogen-bond donors (Lipinski definition) is 1. The molecule has 0 saturated heterocycles. The number of anilines is 1. The van der Waals surface area contributed by atoms with Crippen LogP contribution in [0.15, 0.2) is 88.2 Å². The van der Waals surface area contributed by atoms with Crippen molar-refractivity contribution in [1.29, 1.82) is 0 Å². The molecule has 0 spiro atoms. The van der Waals surface area contributed by atoms with E-state index in [1.165, 1.54) is 12.1 Å². The molecule has 7 nitrogen and oxygen atoms in total. The molecule has 1 amide bonds. The summed E-state index contributed by atoms with van der Waals surface area (Å²) in [6.45, 7) is 0.103. The van der Waals surface area contributed by atoms with E-state index in [1.54, 1.807) is 48.5 Å². The number of sulfonamides is 1. The fourth-order valence-electron chi connectivity index (χ4n) is 3.22. The van der Waals surface area contributed by atoms with Crippen LogP contribution < -0.4 is 19.1 Å². The van der Waals surface area contributed by atoms with Crippen LogP contribution in [0.3, 0.4) is 0 Å². The molecule has 4 rings (SSSR count). The summed E-state index contributed by atoms with van der Waals surface area (Å²) in [6.07, 6.45) is -0.374. The molecule has 1 atom stereocenters. The second-order valence-electron chi connectivity index (χ2n) is 7.10. The summed E-state index contributed by atoms with van der Waals surface area (Å²) in [7, 11) is -3.94. The van der Waals surface area contributed by atoms with Crippen molar-refractivity contribution in [3.05, 3.63) is 83.3 Å². The monoisotopic (exact) mass is 516 g/mol. The van der Waals surface area contributed by atoms with Gasteiger partial charge in [-0.2, -0.15) is 0 Å². The van der Waals surface area contributed by atoms with Crippen LogP contribution in [0.1, 0.15) is 0 Å². The normalized spacial score (nSPS) is 15.1. The highest BCUT2D eigenvalue weighted by atomic mass is 79.9. The maximum atomic E-state index is 13.3. The molecule has 0 bridgehead atoms. The van der Waals surface area contributed by atoms with Gasteiger partial charge in [-0.3, -0.25) is 9.10 Å². The van der Waals surface area contributed by atoms with Crippen molar-refractivity contribution in [2.45, 2.75) is 11.0 Å². The Morgan fingerprint density at radius 2 is 1.62 bits per heavy atom. The van der Waals surface area contributed by atoms with E-state index in [9.17, 15) is 13.2 Å². The Morgan fingerprint density at radius 3 is 2.34 bits per heavy atom. The molecule has 1 heterocycles. The molecule has 3 aromatic carbocycles. The average molecular weight is 517 g/mol. The Labute approximate surface area is 195 Å². The first-order chi connectivity index (χ1) is 15.4. The summed E-state index contributed by atoms with van der Waals surface area (Å²) >= 11 is 3.35. The minimum atomic E-state index is -3.94. The number of carbonyl (C=O) groups excluding carboxylic acids is 1. The maximum absolute atomic E-state index is 13.3. The minimum absolute atomic E-state index is 0.108. The third-order valence-electron chi connectivity index (χ3n) is 4.83. The summed E-state index contributed by atoms with van der Waals surface area (Å²) in [5.41, 5.74) is 0.387. The lowest BCUT2D eigenvalue weighted by molar-refractivity contribution is -0.120. The number of benzene rings is 3. The van der Waals surface area contributed by atoms with E-state index in [0.29, 0.717) is 17.2 Å².